The van der Waals surface area contributed by atoms with Crippen molar-refractivity contribution in [2.45, 2.75) is 18.7 Å². The summed E-state index contributed by atoms with van der Waals surface area (Å²) >= 11 is 5.11. The molecule has 2 amide bonds. The number of hydrogen-bond acceptors (Lipinski definition) is 6. The molecule has 28 heavy (non-hydrogen) atoms. The highest BCUT2D eigenvalue weighted by Crippen LogP contribution is 2.15. The first kappa shape index (κ1) is 21.3. The van der Waals surface area contributed by atoms with Crippen LogP contribution in [0.1, 0.15) is 24.2 Å². The van der Waals surface area contributed by atoms with Gasteiger partial charge in [0.2, 0.25) is 5.91 Å². The van der Waals surface area contributed by atoms with Crippen molar-refractivity contribution in [3.8, 4) is 5.75 Å². The average Bonchev–Trinajstić information content (AvgIpc) is 2.61. The van der Waals surface area contributed by atoms with E-state index in [2.05, 4.69) is 10.6 Å². The highest BCUT2D eigenvalue weighted by Gasteiger charge is 2.15. The van der Waals surface area contributed by atoms with Crippen molar-refractivity contribution in [2.24, 2.45) is 0 Å². The van der Waals surface area contributed by atoms with Gasteiger partial charge in [-0.1, -0.05) is 6.07 Å². The van der Waals surface area contributed by atoms with Gasteiger partial charge in [0.15, 0.2) is 5.11 Å². The van der Waals surface area contributed by atoms with Crippen LogP contribution in [0.5, 0.6) is 5.75 Å². The van der Waals surface area contributed by atoms with Crippen LogP contribution in [0.3, 0.4) is 0 Å². The van der Waals surface area contributed by atoms with Gasteiger partial charge in [0, 0.05) is 18.2 Å². The first-order valence-electron chi connectivity index (χ1n) is 8.20. The quantitative estimate of drug-likeness (QED) is 0.612. The lowest BCUT2D eigenvalue weighted by Gasteiger charge is -2.11. The van der Waals surface area contributed by atoms with E-state index in [-0.39, 0.29) is 10.0 Å². The summed E-state index contributed by atoms with van der Waals surface area (Å²) < 4.78 is 31.0. The monoisotopic (exact) mass is 421 g/mol. The van der Waals surface area contributed by atoms with Gasteiger partial charge in [-0.25, -0.2) is 13.1 Å². The molecular weight excluding hydrogens is 402 g/mol. The molecular formula is C18H19N3O5S2. The van der Waals surface area contributed by atoms with E-state index in [9.17, 15) is 18.0 Å². The Morgan fingerprint density at radius 1 is 1.11 bits per heavy atom. The summed E-state index contributed by atoms with van der Waals surface area (Å²) in [7, 11) is -3.91. The molecule has 3 N–H and O–H groups in total. The third-order valence-corrected chi connectivity index (χ3v) is 4.99. The minimum absolute atomic E-state index is 0.0456. The summed E-state index contributed by atoms with van der Waals surface area (Å²) in [6.07, 6.45) is 0. The normalized spacial score (nSPS) is 10.6. The number of carbonyl (C=O) groups is 2. The van der Waals surface area contributed by atoms with E-state index in [1.807, 2.05) is 11.6 Å². The van der Waals surface area contributed by atoms with E-state index in [0.717, 1.165) is 6.92 Å². The third-order valence-electron chi connectivity index (χ3n) is 3.33. The Morgan fingerprint density at radius 2 is 1.79 bits per heavy atom. The van der Waals surface area contributed by atoms with Gasteiger partial charge < -0.3 is 10.1 Å². The molecule has 0 saturated carbocycles. The number of sulfonamides is 1. The minimum atomic E-state index is -3.91. The smallest absolute Gasteiger partial charge is 0.264 e. The van der Waals surface area contributed by atoms with Crippen LogP contribution >= 0.6 is 12.2 Å². The first-order chi connectivity index (χ1) is 13.2. The zero-order chi connectivity index (χ0) is 20.7. The Bertz CT molecular complexity index is 989. The number of rotatable bonds is 6. The van der Waals surface area contributed by atoms with Crippen LogP contribution in [0.2, 0.25) is 0 Å². The fourth-order valence-corrected chi connectivity index (χ4v) is 3.40. The number of nitrogens with one attached hydrogen (secondary N) is 3. The maximum atomic E-state index is 12.3. The van der Waals surface area contributed by atoms with Crippen LogP contribution in [0.4, 0.5) is 5.69 Å². The lowest BCUT2D eigenvalue weighted by atomic mass is 10.2. The van der Waals surface area contributed by atoms with Gasteiger partial charge in [-0.05, 0) is 61.6 Å². The molecule has 8 nitrogen and oxygen atoms in total. The standard InChI is InChI=1S/C18H19N3O5S2/c1-3-26-15-6-4-5-13(11-15)17(23)20-18(27)19-14-7-9-16(10-8-14)28(24,25)21-12(2)22/h4-11H,3H2,1-2H3,(H,21,22)(H2,19,20,23,27). The Hall–Kier alpha value is -2.98. The lowest BCUT2D eigenvalue weighted by molar-refractivity contribution is -0.117. The van der Waals surface area contributed by atoms with Gasteiger partial charge in [0.1, 0.15) is 5.75 Å². The largest absolute Gasteiger partial charge is 0.494 e. The Labute approximate surface area is 168 Å². The van der Waals surface area contributed by atoms with E-state index >= 15 is 0 Å². The van der Waals surface area contributed by atoms with E-state index in [4.69, 9.17) is 17.0 Å². The van der Waals surface area contributed by atoms with Crippen molar-refractivity contribution < 1.29 is 22.7 Å². The molecule has 148 valence electrons. The molecule has 10 heteroatoms. The molecule has 2 aromatic carbocycles. The summed E-state index contributed by atoms with van der Waals surface area (Å²) in [5.74, 6) is -0.520. The summed E-state index contributed by atoms with van der Waals surface area (Å²) in [5.41, 5.74) is 0.849. The molecule has 0 aliphatic heterocycles. The molecule has 0 fully saturated rings. The number of amides is 2. The van der Waals surface area contributed by atoms with Crippen molar-refractivity contribution in [1.29, 1.82) is 0 Å². The number of ether oxygens (including phenoxy) is 1. The van der Waals surface area contributed by atoms with Gasteiger partial charge in [0.05, 0.1) is 11.5 Å². The van der Waals surface area contributed by atoms with Gasteiger partial charge in [-0.15, -0.1) is 0 Å². The molecule has 0 radical (unpaired) electrons. The molecule has 2 aromatic rings. The second-order valence-corrected chi connectivity index (χ2v) is 7.65. The maximum absolute atomic E-state index is 12.3. The van der Waals surface area contributed by atoms with Crippen molar-refractivity contribution in [2.75, 3.05) is 11.9 Å². The van der Waals surface area contributed by atoms with Crippen LogP contribution in [-0.2, 0) is 14.8 Å². The van der Waals surface area contributed by atoms with E-state index in [0.29, 0.717) is 23.6 Å². The Morgan fingerprint density at radius 3 is 2.39 bits per heavy atom. The molecule has 2 rings (SSSR count). The minimum Gasteiger partial charge on any atom is -0.494 e. The molecule has 0 saturated heterocycles. The predicted octanol–water partition coefficient (Wildman–Crippen LogP) is 2.04. The summed E-state index contributed by atoms with van der Waals surface area (Å²) in [6.45, 7) is 3.44. The number of hydrogen-bond donors (Lipinski definition) is 3. The van der Waals surface area contributed by atoms with Gasteiger partial charge in [-0.3, -0.25) is 14.9 Å². The zero-order valence-electron chi connectivity index (χ0n) is 15.2. The number of thiocarbonyl (C=S) groups is 1. The molecule has 0 bridgehead atoms. The molecule has 0 spiro atoms. The summed E-state index contributed by atoms with van der Waals surface area (Å²) in [4.78, 5) is 23.2. The summed E-state index contributed by atoms with van der Waals surface area (Å²) in [6, 6.07) is 12.2. The van der Waals surface area contributed by atoms with Crippen LogP contribution in [-0.4, -0.2) is 32.0 Å². The Kier molecular flexibility index (Phi) is 7.07. The van der Waals surface area contributed by atoms with Crippen LogP contribution in [0, 0.1) is 0 Å². The van der Waals surface area contributed by atoms with E-state index in [1.54, 1.807) is 24.3 Å². The number of carbonyl (C=O) groups excluding carboxylic acids is 2. The van der Waals surface area contributed by atoms with Crippen molar-refractivity contribution in [3.05, 3.63) is 54.1 Å². The molecule has 0 atom stereocenters. The van der Waals surface area contributed by atoms with Crippen molar-refractivity contribution in [3.63, 3.8) is 0 Å². The Balaban J connectivity index is 2.00. The van der Waals surface area contributed by atoms with Gasteiger partial charge >= 0.3 is 0 Å². The molecule has 0 aliphatic carbocycles. The average molecular weight is 422 g/mol. The molecule has 0 aliphatic rings. The van der Waals surface area contributed by atoms with Gasteiger partial charge in [-0.2, -0.15) is 0 Å². The number of anilines is 1. The fourth-order valence-electron chi connectivity index (χ4n) is 2.20. The third kappa shape index (κ3) is 6.03. The van der Waals surface area contributed by atoms with Gasteiger partial charge in [0.25, 0.3) is 15.9 Å². The lowest BCUT2D eigenvalue weighted by Crippen LogP contribution is -2.34. The molecule has 0 unspecified atom stereocenters. The zero-order valence-corrected chi connectivity index (χ0v) is 16.8. The second-order valence-electron chi connectivity index (χ2n) is 5.56. The maximum Gasteiger partial charge on any atom is 0.264 e. The molecule has 0 aromatic heterocycles. The van der Waals surface area contributed by atoms with Crippen molar-refractivity contribution in [1.82, 2.24) is 10.0 Å². The second kappa shape index (κ2) is 9.29. The molecule has 0 heterocycles. The predicted molar refractivity (Wildman–Crippen MR) is 109 cm³/mol. The van der Waals surface area contributed by atoms with E-state index in [1.165, 1.54) is 24.3 Å². The van der Waals surface area contributed by atoms with Crippen LogP contribution in [0.25, 0.3) is 0 Å². The topological polar surface area (TPSA) is 114 Å². The number of benzene rings is 2. The summed E-state index contributed by atoms with van der Waals surface area (Å²) in [5, 5.41) is 5.37. The highest BCUT2D eigenvalue weighted by atomic mass is 32.2. The highest BCUT2D eigenvalue weighted by molar-refractivity contribution is 7.90. The van der Waals surface area contributed by atoms with Crippen LogP contribution in [0.15, 0.2) is 53.4 Å². The first-order valence-corrected chi connectivity index (χ1v) is 10.1. The fraction of sp³-hybridized carbons (Fsp3) is 0.167. The van der Waals surface area contributed by atoms with Crippen molar-refractivity contribution >= 4 is 44.9 Å². The van der Waals surface area contributed by atoms with E-state index < -0.39 is 21.8 Å². The SMILES string of the molecule is CCOc1cccc(C(=O)NC(=S)Nc2ccc(S(=O)(=O)NC(C)=O)cc2)c1. The van der Waals surface area contributed by atoms with Crippen LogP contribution < -0.4 is 20.1 Å².